The first-order chi connectivity index (χ1) is 10.7. The van der Waals surface area contributed by atoms with E-state index in [4.69, 9.17) is 17.0 Å². The molecule has 0 bridgehead atoms. The van der Waals surface area contributed by atoms with Gasteiger partial charge in [-0.1, -0.05) is 18.2 Å². The van der Waals surface area contributed by atoms with Crippen LogP contribution in [0.4, 0.5) is 5.69 Å². The fourth-order valence-corrected chi connectivity index (χ4v) is 2.35. The van der Waals surface area contributed by atoms with Gasteiger partial charge in [-0.25, -0.2) is 0 Å². The van der Waals surface area contributed by atoms with Gasteiger partial charge in [0.25, 0.3) is 0 Å². The van der Waals surface area contributed by atoms with Crippen LogP contribution in [-0.2, 0) is 16.0 Å². The van der Waals surface area contributed by atoms with Crippen LogP contribution in [0.1, 0.15) is 5.56 Å². The third kappa shape index (κ3) is 5.13. The van der Waals surface area contributed by atoms with Crippen LogP contribution in [0, 0.1) is 0 Å². The molecule has 1 saturated heterocycles. The monoisotopic (exact) mass is 319 g/mol. The molecule has 0 radical (unpaired) electrons. The molecule has 0 unspecified atom stereocenters. The number of carbonyl (C=O) groups is 1. The first-order valence-electron chi connectivity index (χ1n) is 7.29. The van der Waals surface area contributed by atoms with Gasteiger partial charge >= 0.3 is 0 Å². The van der Waals surface area contributed by atoms with Crippen molar-refractivity contribution >= 4 is 28.9 Å². The van der Waals surface area contributed by atoms with Crippen molar-refractivity contribution in [2.24, 2.45) is 0 Å². The molecule has 2 rings (SSSR count). The Bertz CT molecular complexity index is 525. The minimum absolute atomic E-state index is 0.146. The number of morpholine rings is 1. The molecule has 1 aromatic rings. The molecule has 0 aromatic heterocycles. The maximum absolute atomic E-state index is 12.2. The molecule has 2 N–H and O–H groups in total. The van der Waals surface area contributed by atoms with Gasteiger partial charge < -0.3 is 20.3 Å². The predicted molar refractivity (Wildman–Crippen MR) is 92.0 cm³/mol. The van der Waals surface area contributed by atoms with E-state index in [2.05, 4.69) is 17.2 Å². The SMILES string of the molecule is C=CCNC(=S)Nc1ccc(CC(=O)N2CCOCC2)cc1. The third-order valence-corrected chi connectivity index (χ3v) is 3.58. The highest BCUT2D eigenvalue weighted by Gasteiger charge is 2.16. The highest BCUT2D eigenvalue weighted by atomic mass is 32.1. The van der Waals surface area contributed by atoms with E-state index in [-0.39, 0.29) is 5.91 Å². The van der Waals surface area contributed by atoms with E-state index >= 15 is 0 Å². The second-order valence-electron chi connectivity index (χ2n) is 4.99. The largest absolute Gasteiger partial charge is 0.378 e. The number of hydrogen-bond acceptors (Lipinski definition) is 3. The van der Waals surface area contributed by atoms with Crippen LogP contribution in [0.25, 0.3) is 0 Å². The molecule has 0 atom stereocenters. The van der Waals surface area contributed by atoms with E-state index in [1.54, 1.807) is 6.08 Å². The summed E-state index contributed by atoms with van der Waals surface area (Å²) in [7, 11) is 0. The van der Waals surface area contributed by atoms with Crippen LogP contribution in [0.5, 0.6) is 0 Å². The fraction of sp³-hybridized carbons (Fsp3) is 0.375. The summed E-state index contributed by atoms with van der Waals surface area (Å²) in [5.74, 6) is 0.146. The van der Waals surface area contributed by atoms with Gasteiger partial charge in [0.05, 0.1) is 19.6 Å². The van der Waals surface area contributed by atoms with E-state index < -0.39 is 0 Å². The summed E-state index contributed by atoms with van der Waals surface area (Å²) in [6, 6.07) is 7.72. The topological polar surface area (TPSA) is 53.6 Å². The van der Waals surface area contributed by atoms with Crippen molar-refractivity contribution in [1.29, 1.82) is 0 Å². The highest BCUT2D eigenvalue weighted by molar-refractivity contribution is 7.80. The fourth-order valence-electron chi connectivity index (χ4n) is 2.15. The minimum Gasteiger partial charge on any atom is -0.378 e. The van der Waals surface area contributed by atoms with Crippen LogP contribution in [0.3, 0.4) is 0 Å². The van der Waals surface area contributed by atoms with Crippen molar-refractivity contribution in [2.45, 2.75) is 6.42 Å². The summed E-state index contributed by atoms with van der Waals surface area (Å²) >= 11 is 5.15. The normalized spacial score (nSPS) is 14.3. The molecule has 6 heteroatoms. The van der Waals surface area contributed by atoms with Gasteiger partial charge in [-0.3, -0.25) is 4.79 Å². The molecular formula is C16H21N3O2S. The number of benzene rings is 1. The number of anilines is 1. The zero-order valence-electron chi connectivity index (χ0n) is 12.5. The maximum atomic E-state index is 12.2. The van der Waals surface area contributed by atoms with Crippen molar-refractivity contribution in [2.75, 3.05) is 38.2 Å². The van der Waals surface area contributed by atoms with E-state index in [1.165, 1.54) is 0 Å². The van der Waals surface area contributed by atoms with Crippen molar-refractivity contribution in [3.05, 3.63) is 42.5 Å². The lowest BCUT2D eigenvalue weighted by Crippen LogP contribution is -2.41. The summed E-state index contributed by atoms with van der Waals surface area (Å²) in [5, 5.41) is 6.63. The van der Waals surface area contributed by atoms with E-state index in [0.717, 1.165) is 11.3 Å². The van der Waals surface area contributed by atoms with Crippen LogP contribution < -0.4 is 10.6 Å². The van der Waals surface area contributed by atoms with Crippen LogP contribution >= 0.6 is 12.2 Å². The summed E-state index contributed by atoms with van der Waals surface area (Å²) in [6.45, 7) is 6.87. The molecule has 0 aliphatic carbocycles. The Hall–Kier alpha value is -1.92. The highest BCUT2D eigenvalue weighted by Crippen LogP contribution is 2.11. The van der Waals surface area contributed by atoms with Gasteiger partial charge in [0.15, 0.2) is 5.11 Å². The zero-order chi connectivity index (χ0) is 15.8. The Balaban J connectivity index is 1.84. The second kappa shape index (κ2) is 8.51. The maximum Gasteiger partial charge on any atom is 0.227 e. The second-order valence-corrected chi connectivity index (χ2v) is 5.40. The Kier molecular flexibility index (Phi) is 6.36. The number of hydrogen-bond donors (Lipinski definition) is 2. The molecule has 1 amide bonds. The summed E-state index contributed by atoms with van der Waals surface area (Å²) in [4.78, 5) is 14.0. The first kappa shape index (κ1) is 16.5. The van der Waals surface area contributed by atoms with E-state index in [0.29, 0.717) is 44.4 Å². The average Bonchev–Trinajstić information content (AvgIpc) is 2.55. The Labute approximate surface area is 136 Å². The Morgan fingerprint density at radius 3 is 2.64 bits per heavy atom. The molecule has 22 heavy (non-hydrogen) atoms. The third-order valence-electron chi connectivity index (χ3n) is 3.34. The molecule has 118 valence electrons. The van der Waals surface area contributed by atoms with Crippen molar-refractivity contribution in [3.8, 4) is 0 Å². The van der Waals surface area contributed by atoms with Gasteiger partial charge in [0.2, 0.25) is 5.91 Å². The van der Waals surface area contributed by atoms with E-state index in [9.17, 15) is 4.79 Å². The van der Waals surface area contributed by atoms with Crippen LogP contribution in [-0.4, -0.2) is 48.8 Å². The lowest BCUT2D eigenvalue weighted by Gasteiger charge is -2.26. The lowest BCUT2D eigenvalue weighted by molar-refractivity contribution is -0.134. The number of ether oxygens (including phenoxy) is 1. The molecule has 5 nitrogen and oxygen atoms in total. The zero-order valence-corrected chi connectivity index (χ0v) is 13.3. The number of nitrogens with one attached hydrogen (secondary N) is 2. The van der Waals surface area contributed by atoms with Gasteiger partial charge in [-0.15, -0.1) is 6.58 Å². The van der Waals surface area contributed by atoms with Gasteiger partial charge in [-0.2, -0.15) is 0 Å². The van der Waals surface area contributed by atoms with Crippen molar-refractivity contribution < 1.29 is 9.53 Å². The number of thiocarbonyl (C=S) groups is 1. The predicted octanol–water partition coefficient (Wildman–Crippen LogP) is 1.56. The lowest BCUT2D eigenvalue weighted by atomic mass is 10.1. The molecule has 1 aromatic carbocycles. The molecule has 0 spiro atoms. The number of nitrogens with zero attached hydrogens (tertiary/aromatic N) is 1. The molecular weight excluding hydrogens is 298 g/mol. The van der Waals surface area contributed by atoms with Gasteiger partial charge in [0.1, 0.15) is 0 Å². The smallest absolute Gasteiger partial charge is 0.227 e. The summed E-state index contributed by atoms with van der Waals surface area (Å²) in [5.41, 5.74) is 1.89. The Morgan fingerprint density at radius 1 is 1.32 bits per heavy atom. The van der Waals surface area contributed by atoms with Crippen LogP contribution in [0.15, 0.2) is 36.9 Å². The summed E-state index contributed by atoms with van der Waals surface area (Å²) in [6.07, 6.45) is 2.16. The number of carbonyl (C=O) groups excluding carboxylic acids is 1. The molecule has 1 aliphatic heterocycles. The van der Waals surface area contributed by atoms with Crippen molar-refractivity contribution in [3.63, 3.8) is 0 Å². The Morgan fingerprint density at radius 2 is 2.00 bits per heavy atom. The standard InChI is InChI=1S/C16H21N3O2S/c1-2-7-17-16(22)18-14-5-3-13(4-6-14)12-15(20)19-8-10-21-11-9-19/h2-6H,1,7-12H2,(H2,17,18,22). The van der Waals surface area contributed by atoms with Crippen LogP contribution in [0.2, 0.25) is 0 Å². The molecule has 1 heterocycles. The summed E-state index contributed by atoms with van der Waals surface area (Å²) < 4.78 is 5.25. The first-order valence-corrected chi connectivity index (χ1v) is 7.70. The number of rotatable bonds is 5. The average molecular weight is 319 g/mol. The number of amides is 1. The molecule has 1 aliphatic rings. The molecule has 0 saturated carbocycles. The van der Waals surface area contributed by atoms with Gasteiger partial charge in [-0.05, 0) is 29.9 Å². The quantitative estimate of drug-likeness (QED) is 0.637. The molecule has 1 fully saturated rings. The minimum atomic E-state index is 0.146. The van der Waals surface area contributed by atoms with Crippen molar-refractivity contribution in [1.82, 2.24) is 10.2 Å². The van der Waals surface area contributed by atoms with Gasteiger partial charge in [0, 0.05) is 25.3 Å². The van der Waals surface area contributed by atoms with E-state index in [1.807, 2.05) is 29.2 Å².